The van der Waals surface area contributed by atoms with Crippen LogP contribution in [0, 0.1) is 16.0 Å². The molecule has 0 unspecified atom stereocenters. The molecule has 1 fully saturated rings. The number of nitro groups is 1. The summed E-state index contributed by atoms with van der Waals surface area (Å²) in [7, 11) is 0. The summed E-state index contributed by atoms with van der Waals surface area (Å²) in [6.07, 6.45) is 2.87. The second-order valence-corrected chi connectivity index (χ2v) is 7.38. The van der Waals surface area contributed by atoms with Crippen LogP contribution in [0.2, 0.25) is 0 Å². The molecule has 7 heteroatoms. The van der Waals surface area contributed by atoms with E-state index in [0.29, 0.717) is 33.9 Å². The minimum absolute atomic E-state index is 0.0359. The van der Waals surface area contributed by atoms with Gasteiger partial charge in [-0.2, -0.15) is 0 Å². The van der Waals surface area contributed by atoms with Gasteiger partial charge in [0.15, 0.2) is 0 Å². The van der Waals surface area contributed by atoms with Crippen LogP contribution < -0.4 is 4.74 Å². The predicted octanol–water partition coefficient (Wildman–Crippen LogP) is 4.35. The highest BCUT2D eigenvalue weighted by Crippen LogP contribution is 2.35. The summed E-state index contributed by atoms with van der Waals surface area (Å²) in [4.78, 5) is 29.5. The van der Waals surface area contributed by atoms with Gasteiger partial charge in [0.05, 0.1) is 22.4 Å². The quantitative estimate of drug-likeness (QED) is 0.477. The van der Waals surface area contributed by atoms with Crippen molar-refractivity contribution in [2.45, 2.75) is 19.8 Å². The topological polar surface area (TPSA) is 85.6 Å². The van der Waals surface area contributed by atoms with Crippen molar-refractivity contribution in [1.82, 2.24) is 9.88 Å². The van der Waals surface area contributed by atoms with E-state index in [9.17, 15) is 14.9 Å². The van der Waals surface area contributed by atoms with E-state index >= 15 is 0 Å². The molecule has 0 N–H and O–H groups in total. The first-order valence-electron chi connectivity index (χ1n) is 9.58. The number of rotatable bonds is 5. The second-order valence-electron chi connectivity index (χ2n) is 7.38. The van der Waals surface area contributed by atoms with Crippen LogP contribution in [-0.4, -0.2) is 33.8 Å². The lowest BCUT2D eigenvalue weighted by Gasteiger charge is -2.16. The second kappa shape index (κ2) is 7.87. The normalized spacial score (nSPS) is 16.2. The van der Waals surface area contributed by atoms with Crippen molar-refractivity contribution in [2.75, 3.05) is 13.1 Å². The number of nitrogens with zero attached hydrogens (tertiary/aromatic N) is 3. The zero-order valence-corrected chi connectivity index (χ0v) is 16.1. The number of carbonyl (C=O) groups excluding carboxylic acids is 1. The Bertz CT molecular complexity index is 1080. The number of ether oxygens (including phenoxy) is 1. The van der Waals surface area contributed by atoms with E-state index in [4.69, 9.17) is 4.74 Å². The van der Waals surface area contributed by atoms with Crippen molar-refractivity contribution in [2.24, 2.45) is 5.92 Å². The summed E-state index contributed by atoms with van der Waals surface area (Å²) in [6, 6.07) is 13.6. The molecule has 4 rings (SSSR count). The van der Waals surface area contributed by atoms with Crippen LogP contribution in [0.5, 0.6) is 11.5 Å². The number of fused-ring (bicyclic) bond motifs is 1. The Morgan fingerprint density at radius 3 is 2.76 bits per heavy atom. The first-order valence-corrected chi connectivity index (χ1v) is 9.58. The Morgan fingerprint density at radius 2 is 2.03 bits per heavy atom. The van der Waals surface area contributed by atoms with Crippen LogP contribution >= 0.6 is 0 Å². The number of carbonyl (C=O) groups is 1. The van der Waals surface area contributed by atoms with Crippen LogP contribution in [0.25, 0.3) is 10.8 Å². The van der Waals surface area contributed by atoms with Gasteiger partial charge in [-0.1, -0.05) is 25.1 Å². The van der Waals surface area contributed by atoms with Crippen molar-refractivity contribution in [3.63, 3.8) is 0 Å². The van der Waals surface area contributed by atoms with Gasteiger partial charge in [0, 0.05) is 36.8 Å². The van der Waals surface area contributed by atoms with E-state index in [1.165, 1.54) is 6.07 Å². The Balaban J connectivity index is 1.56. The number of benzene rings is 2. The van der Waals surface area contributed by atoms with Crippen LogP contribution in [0.3, 0.4) is 0 Å². The first kappa shape index (κ1) is 18.9. The fraction of sp³-hybridized carbons (Fsp3) is 0.273. The molecule has 0 bridgehead atoms. The van der Waals surface area contributed by atoms with Gasteiger partial charge in [0.25, 0.3) is 5.69 Å². The molecule has 1 atom stereocenters. The van der Waals surface area contributed by atoms with Gasteiger partial charge in [-0.15, -0.1) is 0 Å². The molecule has 2 aromatic carbocycles. The van der Waals surface area contributed by atoms with Crippen LogP contribution in [0.4, 0.5) is 5.69 Å². The number of hydrogen-bond acceptors (Lipinski definition) is 5. The number of hydrogen-bond donors (Lipinski definition) is 0. The summed E-state index contributed by atoms with van der Waals surface area (Å²) in [5.74, 6) is 1.66. The minimum atomic E-state index is -0.401. The lowest BCUT2D eigenvalue weighted by molar-refractivity contribution is -0.383. The molecule has 1 saturated heterocycles. The standard InChI is InChI=1S/C22H21N3O4/c1-15-9-11-24(14-15)22(26)13-16-12-17(8-10-23-16)29-21-7-6-20(25(27)28)18-4-2-3-5-19(18)21/h2-8,10,12,15H,9,11,13-14H2,1H3/t15-/m1/s1. The summed E-state index contributed by atoms with van der Waals surface area (Å²) < 4.78 is 6.00. The van der Waals surface area contributed by atoms with Gasteiger partial charge >= 0.3 is 0 Å². The van der Waals surface area contributed by atoms with Crippen molar-refractivity contribution in [3.8, 4) is 11.5 Å². The Kier molecular flexibility index (Phi) is 5.12. The summed E-state index contributed by atoms with van der Waals surface area (Å²) in [6.45, 7) is 3.74. The predicted molar refractivity (Wildman–Crippen MR) is 109 cm³/mol. The molecular weight excluding hydrogens is 370 g/mol. The highest BCUT2D eigenvalue weighted by molar-refractivity contribution is 5.95. The van der Waals surface area contributed by atoms with E-state index in [1.54, 1.807) is 42.6 Å². The third-order valence-corrected chi connectivity index (χ3v) is 5.18. The number of pyridine rings is 1. The molecule has 29 heavy (non-hydrogen) atoms. The van der Waals surface area contributed by atoms with Crippen LogP contribution in [0.15, 0.2) is 54.7 Å². The number of nitro benzene ring substituents is 1. The van der Waals surface area contributed by atoms with Gasteiger partial charge in [0.2, 0.25) is 5.91 Å². The molecule has 7 nitrogen and oxygen atoms in total. The summed E-state index contributed by atoms with van der Waals surface area (Å²) >= 11 is 0. The molecule has 1 aromatic heterocycles. The monoisotopic (exact) mass is 391 g/mol. The van der Waals surface area contributed by atoms with Crippen molar-refractivity contribution in [1.29, 1.82) is 0 Å². The van der Waals surface area contributed by atoms with Gasteiger partial charge < -0.3 is 9.64 Å². The maximum absolute atomic E-state index is 12.5. The van der Waals surface area contributed by atoms with E-state index in [1.807, 2.05) is 11.0 Å². The van der Waals surface area contributed by atoms with E-state index < -0.39 is 4.92 Å². The maximum Gasteiger partial charge on any atom is 0.277 e. The lowest BCUT2D eigenvalue weighted by atomic mass is 10.1. The molecule has 1 aliphatic heterocycles. The average molecular weight is 391 g/mol. The van der Waals surface area contributed by atoms with E-state index in [0.717, 1.165) is 19.5 Å². The zero-order valence-electron chi connectivity index (χ0n) is 16.1. The lowest BCUT2D eigenvalue weighted by Crippen LogP contribution is -2.30. The molecule has 0 saturated carbocycles. The number of aromatic nitrogens is 1. The number of amides is 1. The molecule has 3 aromatic rings. The van der Waals surface area contributed by atoms with Crippen molar-refractivity contribution < 1.29 is 14.5 Å². The average Bonchev–Trinajstić information content (AvgIpc) is 3.15. The summed E-state index contributed by atoms with van der Waals surface area (Å²) in [5, 5.41) is 12.5. The molecule has 0 radical (unpaired) electrons. The van der Waals surface area contributed by atoms with E-state index in [2.05, 4.69) is 11.9 Å². The summed E-state index contributed by atoms with van der Waals surface area (Å²) in [5.41, 5.74) is 0.673. The Morgan fingerprint density at radius 1 is 1.24 bits per heavy atom. The molecule has 148 valence electrons. The molecule has 1 amide bonds. The Labute approximate surface area is 168 Å². The molecular formula is C22H21N3O4. The SMILES string of the molecule is C[C@@H]1CCN(C(=O)Cc2cc(Oc3ccc([N+](=O)[O-])c4ccccc34)ccn2)C1. The molecule has 0 aliphatic carbocycles. The van der Waals surface area contributed by atoms with Gasteiger partial charge in [-0.05, 0) is 30.5 Å². The Hall–Kier alpha value is -3.48. The highest BCUT2D eigenvalue weighted by Gasteiger charge is 2.23. The van der Waals surface area contributed by atoms with Crippen molar-refractivity contribution in [3.05, 3.63) is 70.5 Å². The number of likely N-dealkylation sites (tertiary alicyclic amines) is 1. The van der Waals surface area contributed by atoms with Crippen molar-refractivity contribution >= 4 is 22.4 Å². The third kappa shape index (κ3) is 4.03. The maximum atomic E-state index is 12.5. The molecule has 1 aliphatic rings. The fourth-order valence-corrected chi connectivity index (χ4v) is 3.68. The third-order valence-electron chi connectivity index (χ3n) is 5.18. The highest BCUT2D eigenvalue weighted by atomic mass is 16.6. The van der Waals surface area contributed by atoms with E-state index in [-0.39, 0.29) is 18.0 Å². The van der Waals surface area contributed by atoms with Gasteiger partial charge in [-0.3, -0.25) is 19.9 Å². The van der Waals surface area contributed by atoms with Crippen LogP contribution in [-0.2, 0) is 11.2 Å². The number of non-ortho nitro benzene ring substituents is 1. The minimum Gasteiger partial charge on any atom is -0.457 e. The van der Waals surface area contributed by atoms with Gasteiger partial charge in [-0.25, -0.2) is 0 Å². The smallest absolute Gasteiger partial charge is 0.277 e. The molecule has 0 spiro atoms. The fourth-order valence-electron chi connectivity index (χ4n) is 3.68. The van der Waals surface area contributed by atoms with Gasteiger partial charge in [0.1, 0.15) is 11.5 Å². The first-order chi connectivity index (χ1) is 14.0. The van der Waals surface area contributed by atoms with Crippen LogP contribution in [0.1, 0.15) is 19.0 Å². The molecule has 2 heterocycles. The largest absolute Gasteiger partial charge is 0.457 e. The zero-order chi connectivity index (χ0) is 20.4.